The van der Waals surface area contributed by atoms with Gasteiger partial charge < -0.3 is 9.11 Å². The fourth-order valence-electron chi connectivity index (χ4n) is 0. The summed E-state index contributed by atoms with van der Waals surface area (Å²) in [4.78, 5) is 0. The molecule has 0 bridgehead atoms. The molecule has 0 unspecified atom stereocenters. The van der Waals surface area contributed by atoms with Crippen LogP contribution in [0.2, 0.25) is 0 Å². The Hall–Kier alpha value is 5.34. The monoisotopic (exact) mass is 206 g/mol. The van der Waals surface area contributed by atoms with Gasteiger partial charge in [0.2, 0.25) is 0 Å². The van der Waals surface area contributed by atoms with E-state index in [-0.39, 0.29) is 162 Å². The molecule has 30 valence electrons. The van der Waals surface area contributed by atoms with Crippen LogP contribution in [-0.2, 0) is 11.4 Å². The fourth-order valence-corrected chi connectivity index (χ4v) is 0. The van der Waals surface area contributed by atoms with Crippen molar-refractivity contribution >= 4 is 70.5 Å². The second-order valence-electron chi connectivity index (χ2n) is 0.204. The summed E-state index contributed by atoms with van der Waals surface area (Å²) in [6, 6.07) is 0. The zero-order valence-corrected chi connectivity index (χ0v) is 10.7. The zero-order chi connectivity index (χ0) is 3.58. The van der Waals surface area contributed by atoms with Gasteiger partial charge in [-0.3, -0.25) is 4.21 Å². The molecule has 0 aromatic heterocycles. The summed E-state index contributed by atoms with van der Waals surface area (Å²) in [6.07, 6.45) is 0. The van der Waals surface area contributed by atoms with Crippen molar-refractivity contribution in [2.45, 2.75) is 0 Å². The molecule has 0 aromatic carbocycles. The molecule has 0 N–H and O–H groups in total. The summed E-state index contributed by atoms with van der Waals surface area (Å²) in [7, 11) is 0. The third-order valence-electron chi connectivity index (χ3n) is 0. The number of hydrogen-bond donors (Lipinski definition) is 0. The van der Waals surface area contributed by atoms with E-state index in [0.717, 1.165) is 0 Å². The molecule has 0 aliphatic heterocycles. The van der Waals surface area contributed by atoms with E-state index in [1.54, 1.807) is 0 Å². The SMILES string of the molecule is O=S([O-])[O-].[K+].[K+].[NaH].[NaH]. The molecule has 0 saturated heterocycles. The Morgan fingerprint density at radius 2 is 1.00 bits per heavy atom. The molecule has 0 atom stereocenters. The standard InChI is InChI=1S/2K.2Na.H2O3S.2H/c;;;;1-4(2)3;;/h;;;;(H2,1,2,3);;/q2*+1;;;;;/p-2. The van der Waals surface area contributed by atoms with Crippen LogP contribution in [0.4, 0.5) is 0 Å². The molecule has 0 aliphatic rings. The minimum absolute atomic E-state index is 0. The van der Waals surface area contributed by atoms with Crippen LogP contribution in [0.3, 0.4) is 0 Å². The van der Waals surface area contributed by atoms with E-state index in [9.17, 15) is 0 Å². The van der Waals surface area contributed by atoms with Crippen LogP contribution in [0.25, 0.3) is 0 Å². The van der Waals surface area contributed by atoms with Crippen molar-refractivity contribution in [1.82, 2.24) is 0 Å². The van der Waals surface area contributed by atoms with Gasteiger partial charge in [0.05, 0.1) is 0 Å². The van der Waals surface area contributed by atoms with E-state index in [4.69, 9.17) is 13.3 Å². The average molecular weight is 206 g/mol. The van der Waals surface area contributed by atoms with Gasteiger partial charge in [0.1, 0.15) is 0 Å². The molecule has 0 radical (unpaired) electrons. The molecule has 0 aromatic rings. The van der Waals surface area contributed by atoms with E-state index < -0.39 is 11.4 Å². The van der Waals surface area contributed by atoms with E-state index in [1.165, 1.54) is 0 Å². The first-order valence-electron chi connectivity index (χ1n) is 0.500. The van der Waals surface area contributed by atoms with Crippen LogP contribution in [0.5, 0.6) is 0 Å². The summed E-state index contributed by atoms with van der Waals surface area (Å²) >= 11 is -3.11. The average Bonchev–Trinajstić information content (AvgIpc) is 0.811. The summed E-state index contributed by atoms with van der Waals surface area (Å²) in [6.45, 7) is 0. The molecule has 0 amide bonds. The summed E-state index contributed by atoms with van der Waals surface area (Å²) in [5.74, 6) is 0. The molecule has 0 saturated carbocycles. The molecule has 0 spiro atoms. The molecule has 0 fully saturated rings. The Bertz CT molecular complexity index is 38.3. The number of hydrogen-bond acceptors (Lipinski definition) is 3. The van der Waals surface area contributed by atoms with Crippen LogP contribution in [0.15, 0.2) is 0 Å². The van der Waals surface area contributed by atoms with Crippen LogP contribution < -0.4 is 103 Å². The predicted molar refractivity (Wildman–Crippen MR) is 24.0 cm³/mol. The maximum atomic E-state index is 8.44. The van der Waals surface area contributed by atoms with Gasteiger partial charge >= 0.3 is 162 Å². The first-order chi connectivity index (χ1) is 1.73. The molecule has 0 heterocycles. The van der Waals surface area contributed by atoms with Crippen LogP contribution >= 0.6 is 0 Å². The Labute approximate surface area is 180 Å². The van der Waals surface area contributed by atoms with Gasteiger partial charge in [0, 0.05) is 0 Å². The fraction of sp³-hybridized carbons (Fsp3) is 0. The first kappa shape index (κ1) is 29.2. The van der Waals surface area contributed by atoms with Crippen LogP contribution in [0, 0.1) is 0 Å². The van der Waals surface area contributed by atoms with Crippen molar-refractivity contribution in [1.29, 1.82) is 0 Å². The Morgan fingerprint density at radius 1 is 1.00 bits per heavy atom. The number of rotatable bonds is 0. The van der Waals surface area contributed by atoms with Gasteiger partial charge in [-0.05, 0) is 0 Å². The molecule has 8 heavy (non-hydrogen) atoms. The van der Waals surface area contributed by atoms with E-state index in [2.05, 4.69) is 0 Å². The molecule has 8 heteroatoms. The van der Waals surface area contributed by atoms with Gasteiger partial charge in [-0.1, -0.05) is 0 Å². The zero-order valence-electron chi connectivity index (χ0n) is 3.63. The molecule has 0 aliphatic carbocycles. The molecule has 3 nitrogen and oxygen atoms in total. The Balaban J connectivity index is -0.00000000750. The van der Waals surface area contributed by atoms with Gasteiger partial charge in [0.15, 0.2) is 0 Å². The van der Waals surface area contributed by atoms with Gasteiger partial charge in [-0.25, -0.2) is 0 Å². The quantitative estimate of drug-likeness (QED) is 0.292. The van der Waals surface area contributed by atoms with Crippen molar-refractivity contribution in [3.63, 3.8) is 0 Å². The third-order valence-corrected chi connectivity index (χ3v) is 0. The van der Waals surface area contributed by atoms with E-state index in [1.807, 2.05) is 0 Å². The first-order valence-corrected chi connectivity index (χ1v) is 1.50. The second-order valence-corrected chi connectivity index (χ2v) is 0.612. The minimum atomic E-state index is -3.11. The van der Waals surface area contributed by atoms with E-state index in [0.29, 0.717) is 0 Å². The van der Waals surface area contributed by atoms with Crippen molar-refractivity contribution in [2.75, 3.05) is 0 Å². The second kappa shape index (κ2) is 22.8. The van der Waals surface area contributed by atoms with Crippen molar-refractivity contribution in [2.24, 2.45) is 0 Å². The predicted octanol–water partition coefficient (Wildman–Crippen LogP) is -8.29. The van der Waals surface area contributed by atoms with E-state index >= 15 is 0 Å². The van der Waals surface area contributed by atoms with Crippen molar-refractivity contribution in [3.05, 3.63) is 0 Å². The molecule has 0 rings (SSSR count). The summed E-state index contributed by atoms with van der Waals surface area (Å²) in [5, 5.41) is 0. The Kier molecular flexibility index (Phi) is 83.3. The van der Waals surface area contributed by atoms with Crippen molar-refractivity contribution in [3.8, 4) is 0 Å². The summed E-state index contributed by atoms with van der Waals surface area (Å²) < 4.78 is 25.3. The van der Waals surface area contributed by atoms with Crippen LogP contribution in [0.1, 0.15) is 0 Å². The summed E-state index contributed by atoms with van der Waals surface area (Å²) in [5.41, 5.74) is 0. The van der Waals surface area contributed by atoms with Crippen LogP contribution in [-0.4, -0.2) is 72.4 Å². The normalized spacial score (nSPS) is 4.38. The van der Waals surface area contributed by atoms with Gasteiger partial charge in [-0.15, -0.1) is 11.4 Å². The molecular formula is H2K2Na2O3S. The topological polar surface area (TPSA) is 63.2 Å². The Morgan fingerprint density at radius 3 is 1.00 bits per heavy atom. The van der Waals surface area contributed by atoms with Crippen molar-refractivity contribution < 1.29 is 116 Å². The van der Waals surface area contributed by atoms with Gasteiger partial charge in [0.25, 0.3) is 0 Å². The molecular weight excluding hydrogens is 204 g/mol. The van der Waals surface area contributed by atoms with Gasteiger partial charge in [-0.2, -0.15) is 0 Å². The maximum absolute atomic E-state index is 8.44. The third kappa shape index (κ3) is 42.5.